The van der Waals surface area contributed by atoms with Crippen molar-refractivity contribution in [1.82, 2.24) is 0 Å². The molecule has 0 aliphatic rings. The third-order valence-corrected chi connectivity index (χ3v) is 1.87. The molecule has 0 spiro atoms. The van der Waals surface area contributed by atoms with Gasteiger partial charge >= 0.3 is 0 Å². The Hall–Kier alpha value is -1.35. The van der Waals surface area contributed by atoms with E-state index >= 15 is 0 Å². The zero-order valence-corrected chi connectivity index (χ0v) is 8.49. The minimum Gasteiger partial charge on any atom is -0.399 e. The van der Waals surface area contributed by atoms with Crippen LogP contribution in [0.2, 0.25) is 5.02 Å². The number of ketones is 1. The van der Waals surface area contributed by atoms with Crippen LogP contribution in [0.15, 0.2) is 29.4 Å². The van der Waals surface area contributed by atoms with Gasteiger partial charge in [-0.05, 0) is 24.3 Å². The molecule has 0 fully saturated rings. The molecule has 0 unspecified atom stereocenters. The Labute approximate surface area is 87.3 Å². The lowest BCUT2D eigenvalue weighted by Crippen LogP contribution is -1.99. The van der Waals surface area contributed by atoms with E-state index in [1.54, 1.807) is 24.3 Å². The van der Waals surface area contributed by atoms with Gasteiger partial charge in [0.05, 0.1) is 6.21 Å². The Morgan fingerprint density at radius 2 is 2.14 bits per heavy atom. The van der Waals surface area contributed by atoms with Gasteiger partial charge in [-0.3, -0.25) is 4.79 Å². The van der Waals surface area contributed by atoms with Crippen molar-refractivity contribution in [2.24, 2.45) is 5.16 Å². The first-order valence-electron chi connectivity index (χ1n) is 4.08. The minimum atomic E-state index is -0.0116. The average Bonchev–Trinajstić information content (AvgIpc) is 2.19. The molecule has 0 saturated carbocycles. The maximum Gasteiger partial charge on any atom is 0.168 e. The summed E-state index contributed by atoms with van der Waals surface area (Å²) in [5.41, 5.74) is 0.622. The molecule has 1 rings (SSSR count). The van der Waals surface area contributed by atoms with Gasteiger partial charge in [0.1, 0.15) is 7.11 Å². The minimum absolute atomic E-state index is 0.0116. The van der Waals surface area contributed by atoms with Crippen molar-refractivity contribution in [3.8, 4) is 0 Å². The summed E-state index contributed by atoms with van der Waals surface area (Å²) < 4.78 is 0. The highest BCUT2D eigenvalue weighted by Crippen LogP contribution is 2.10. The molecule has 0 saturated heterocycles. The first-order chi connectivity index (χ1) is 6.74. The summed E-state index contributed by atoms with van der Waals surface area (Å²) in [7, 11) is 1.43. The van der Waals surface area contributed by atoms with Crippen LogP contribution < -0.4 is 0 Å². The highest BCUT2D eigenvalue weighted by Gasteiger charge is 2.02. The van der Waals surface area contributed by atoms with Crippen molar-refractivity contribution in [3.05, 3.63) is 34.9 Å². The molecule has 0 aromatic heterocycles. The quantitative estimate of drug-likeness (QED) is 0.436. The molecule has 0 aliphatic carbocycles. The number of rotatable bonds is 4. The second kappa shape index (κ2) is 5.40. The molecule has 3 nitrogen and oxygen atoms in total. The van der Waals surface area contributed by atoms with Crippen LogP contribution in [0.5, 0.6) is 0 Å². The number of nitrogens with zero attached hydrogens (tertiary/aromatic N) is 1. The smallest absolute Gasteiger partial charge is 0.168 e. The third-order valence-electron chi connectivity index (χ3n) is 1.62. The molecule has 1 aromatic carbocycles. The van der Waals surface area contributed by atoms with Gasteiger partial charge < -0.3 is 4.84 Å². The molecule has 0 heterocycles. The summed E-state index contributed by atoms with van der Waals surface area (Å²) in [6, 6.07) is 6.74. The number of hydrogen-bond donors (Lipinski definition) is 0. The fraction of sp³-hybridized carbons (Fsp3) is 0.200. The molecule has 0 atom stereocenters. The molecule has 4 heteroatoms. The van der Waals surface area contributed by atoms with E-state index in [0.29, 0.717) is 10.6 Å². The maximum absolute atomic E-state index is 11.4. The lowest BCUT2D eigenvalue weighted by molar-refractivity contribution is 0.1000. The van der Waals surface area contributed by atoms with Gasteiger partial charge in [0.2, 0.25) is 0 Å². The molecule has 0 amide bonds. The van der Waals surface area contributed by atoms with Gasteiger partial charge in [-0.25, -0.2) is 0 Å². The van der Waals surface area contributed by atoms with E-state index < -0.39 is 0 Å². The van der Waals surface area contributed by atoms with Crippen molar-refractivity contribution in [2.75, 3.05) is 7.11 Å². The molecule has 0 N–H and O–H groups in total. The van der Waals surface area contributed by atoms with Gasteiger partial charge in [0, 0.05) is 17.0 Å². The summed E-state index contributed by atoms with van der Waals surface area (Å²) in [6.45, 7) is 0. The van der Waals surface area contributed by atoms with E-state index in [1.807, 2.05) is 0 Å². The lowest BCUT2D eigenvalue weighted by Gasteiger charge is -1.96. The van der Waals surface area contributed by atoms with Crippen LogP contribution in [0, 0.1) is 0 Å². The fourth-order valence-corrected chi connectivity index (χ4v) is 1.07. The van der Waals surface area contributed by atoms with Crippen LogP contribution in [0.3, 0.4) is 0 Å². The fourth-order valence-electron chi connectivity index (χ4n) is 0.948. The summed E-state index contributed by atoms with van der Waals surface area (Å²) in [6.07, 6.45) is 1.66. The SMILES string of the molecule is CON=CCC(=O)c1ccc(Cl)cc1. The Kier molecular flexibility index (Phi) is 4.13. The summed E-state index contributed by atoms with van der Waals surface area (Å²) >= 11 is 5.69. The van der Waals surface area contributed by atoms with Crippen molar-refractivity contribution >= 4 is 23.6 Å². The molecule has 74 valence electrons. The number of Topliss-reactive ketones (excluding diaryl/α,β-unsaturated/α-hetero) is 1. The second-order valence-electron chi connectivity index (χ2n) is 2.60. The Bertz CT molecular complexity index is 332. The zero-order valence-electron chi connectivity index (χ0n) is 7.74. The van der Waals surface area contributed by atoms with Crippen molar-refractivity contribution in [1.29, 1.82) is 0 Å². The molecular weight excluding hydrogens is 202 g/mol. The van der Waals surface area contributed by atoms with Crippen LogP contribution in [0.25, 0.3) is 0 Å². The van der Waals surface area contributed by atoms with Gasteiger partial charge in [-0.1, -0.05) is 16.8 Å². The Balaban J connectivity index is 2.61. The Morgan fingerprint density at radius 1 is 1.50 bits per heavy atom. The standard InChI is InChI=1S/C10H10ClNO2/c1-14-12-7-6-10(13)8-2-4-9(11)5-3-8/h2-5,7H,6H2,1H3. The van der Waals surface area contributed by atoms with E-state index in [0.717, 1.165) is 0 Å². The molecule has 0 radical (unpaired) electrons. The largest absolute Gasteiger partial charge is 0.399 e. The summed E-state index contributed by atoms with van der Waals surface area (Å²) in [5, 5.41) is 4.10. The summed E-state index contributed by atoms with van der Waals surface area (Å²) in [4.78, 5) is 15.9. The van der Waals surface area contributed by atoms with E-state index in [2.05, 4.69) is 9.99 Å². The van der Waals surface area contributed by atoms with E-state index in [-0.39, 0.29) is 12.2 Å². The van der Waals surface area contributed by atoms with Gasteiger partial charge in [0.15, 0.2) is 5.78 Å². The topological polar surface area (TPSA) is 38.7 Å². The molecular formula is C10H10ClNO2. The van der Waals surface area contributed by atoms with Crippen LogP contribution in [0.4, 0.5) is 0 Å². The first-order valence-corrected chi connectivity index (χ1v) is 4.45. The second-order valence-corrected chi connectivity index (χ2v) is 3.04. The number of carbonyl (C=O) groups excluding carboxylic acids is 1. The van der Waals surface area contributed by atoms with Crippen molar-refractivity contribution < 1.29 is 9.63 Å². The molecule has 0 bridgehead atoms. The first kappa shape index (κ1) is 10.7. The Morgan fingerprint density at radius 3 is 2.71 bits per heavy atom. The summed E-state index contributed by atoms with van der Waals surface area (Å²) in [5.74, 6) is -0.0116. The van der Waals surface area contributed by atoms with E-state index in [9.17, 15) is 4.79 Å². The number of halogens is 1. The number of benzene rings is 1. The van der Waals surface area contributed by atoms with Crippen molar-refractivity contribution in [2.45, 2.75) is 6.42 Å². The van der Waals surface area contributed by atoms with Gasteiger partial charge in [-0.2, -0.15) is 0 Å². The predicted molar refractivity (Wildman–Crippen MR) is 55.9 cm³/mol. The van der Waals surface area contributed by atoms with Crippen LogP contribution >= 0.6 is 11.6 Å². The lowest BCUT2D eigenvalue weighted by atomic mass is 10.1. The normalized spacial score (nSPS) is 10.4. The number of hydrogen-bond acceptors (Lipinski definition) is 3. The third kappa shape index (κ3) is 3.18. The van der Waals surface area contributed by atoms with E-state index in [4.69, 9.17) is 11.6 Å². The van der Waals surface area contributed by atoms with Gasteiger partial charge in [-0.15, -0.1) is 0 Å². The number of oxime groups is 1. The monoisotopic (exact) mass is 211 g/mol. The van der Waals surface area contributed by atoms with Crippen LogP contribution in [0.1, 0.15) is 16.8 Å². The zero-order chi connectivity index (χ0) is 10.4. The van der Waals surface area contributed by atoms with Gasteiger partial charge in [0.25, 0.3) is 0 Å². The molecule has 14 heavy (non-hydrogen) atoms. The highest BCUT2D eigenvalue weighted by atomic mass is 35.5. The number of carbonyl (C=O) groups is 1. The average molecular weight is 212 g/mol. The molecule has 1 aromatic rings. The maximum atomic E-state index is 11.4. The van der Waals surface area contributed by atoms with Crippen molar-refractivity contribution in [3.63, 3.8) is 0 Å². The predicted octanol–water partition coefficient (Wildman–Crippen LogP) is 2.55. The van der Waals surface area contributed by atoms with E-state index in [1.165, 1.54) is 13.3 Å². The van der Waals surface area contributed by atoms with Crippen LogP contribution in [-0.2, 0) is 4.84 Å². The molecule has 0 aliphatic heterocycles. The highest BCUT2D eigenvalue weighted by molar-refractivity contribution is 6.30. The van der Waals surface area contributed by atoms with Crippen LogP contribution in [-0.4, -0.2) is 19.1 Å².